The summed E-state index contributed by atoms with van der Waals surface area (Å²) >= 11 is 0. The summed E-state index contributed by atoms with van der Waals surface area (Å²) in [5.41, 5.74) is 1.40. The summed E-state index contributed by atoms with van der Waals surface area (Å²) in [5.74, 6) is -0.232. The number of amides is 2. The van der Waals surface area contributed by atoms with Gasteiger partial charge in [0.25, 0.3) is 0 Å². The first-order valence-electron chi connectivity index (χ1n) is 8.82. The Morgan fingerprint density at radius 1 is 1.28 bits per heavy atom. The first-order valence-corrected chi connectivity index (χ1v) is 8.82. The van der Waals surface area contributed by atoms with Crippen LogP contribution < -0.4 is 5.32 Å². The SMILES string of the molecule is CC(C)(C)OC(=O)N1CCC[C@H]1C(=O)N[C@H]1c2ccccc2C[C@H]1O. The Hall–Kier alpha value is -2.08. The fourth-order valence-corrected chi connectivity index (χ4v) is 3.58. The maximum absolute atomic E-state index is 12.8. The molecule has 0 aromatic heterocycles. The van der Waals surface area contributed by atoms with Crippen molar-refractivity contribution in [2.45, 2.75) is 63.8 Å². The van der Waals surface area contributed by atoms with Crippen LogP contribution in [0.3, 0.4) is 0 Å². The van der Waals surface area contributed by atoms with Crippen LogP contribution in [0, 0.1) is 0 Å². The highest BCUT2D eigenvalue weighted by Crippen LogP contribution is 2.32. The third-order valence-electron chi connectivity index (χ3n) is 4.69. The van der Waals surface area contributed by atoms with Gasteiger partial charge < -0.3 is 15.2 Å². The standard InChI is InChI=1S/C19H26N2O4/c1-19(2,3)25-18(24)21-10-6-9-14(21)17(23)20-16-13-8-5-4-7-12(13)11-15(16)22/h4-5,7-8,14-16,22H,6,9-11H2,1-3H3,(H,20,23)/t14-,15+,16-/m0/s1. The molecule has 0 bridgehead atoms. The molecule has 1 aromatic rings. The van der Waals surface area contributed by atoms with Crippen molar-refractivity contribution < 1.29 is 19.4 Å². The van der Waals surface area contributed by atoms with E-state index in [1.54, 1.807) is 0 Å². The van der Waals surface area contributed by atoms with E-state index in [1.807, 2.05) is 45.0 Å². The van der Waals surface area contributed by atoms with Gasteiger partial charge in [-0.25, -0.2) is 4.79 Å². The lowest BCUT2D eigenvalue weighted by Gasteiger charge is -2.29. The van der Waals surface area contributed by atoms with Gasteiger partial charge in [-0.15, -0.1) is 0 Å². The van der Waals surface area contributed by atoms with Crippen LogP contribution in [0.15, 0.2) is 24.3 Å². The first-order chi connectivity index (χ1) is 11.8. The molecule has 3 atom stereocenters. The fraction of sp³-hybridized carbons (Fsp3) is 0.579. The largest absolute Gasteiger partial charge is 0.444 e. The zero-order valence-corrected chi connectivity index (χ0v) is 15.0. The molecule has 1 aliphatic heterocycles. The van der Waals surface area contributed by atoms with Gasteiger partial charge in [0.1, 0.15) is 11.6 Å². The van der Waals surface area contributed by atoms with Crippen LogP contribution in [0.2, 0.25) is 0 Å². The predicted molar refractivity (Wildman–Crippen MR) is 93.0 cm³/mol. The van der Waals surface area contributed by atoms with Crippen molar-refractivity contribution in [2.24, 2.45) is 0 Å². The normalized spacial score (nSPS) is 25.6. The molecule has 136 valence electrons. The van der Waals surface area contributed by atoms with Gasteiger partial charge in [-0.3, -0.25) is 9.69 Å². The Balaban J connectivity index is 1.69. The highest BCUT2D eigenvalue weighted by molar-refractivity contribution is 5.86. The second-order valence-electron chi connectivity index (χ2n) is 7.79. The Morgan fingerprint density at radius 3 is 2.72 bits per heavy atom. The molecule has 6 heteroatoms. The monoisotopic (exact) mass is 346 g/mol. The molecule has 1 aromatic carbocycles. The van der Waals surface area contributed by atoms with E-state index in [4.69, 9.17) is 4.74 Å². The average Bonchev–Trinajstić information content (AvgIpc) is 3.11. The summed E-state index contributed by atoms with van der Waals surface area (Å²) < 4.78 is 5.41. The summed E-state index contributed by atoms with van der Waals surface area (Å²) in [6.07, 6.45) is 0.799. The molecule has 1 heterocycles. The summed E-state index contributed by atoms with van der Waals surface area (Å²) in [6.45, 7) is 5.93. The number of ether oxygens (including phenoxy) is 1. The Labute approximate surface area is 148 Å². The molecule has 1 aliphatic carbocycles. The molecule has 1 saturated heterocycles. The minimum atomic E-state index is -0.641. The predicted octanol–water partition coefficient (Wildman–Crippen LogP) is 2.16. The number of likely N-dealkylation sites (tertiary alicyclic amines) is 1. The Kier molecular flexibility index (Phi) is 4.73. The molecule has 0 saturated carbocycles. The molecule has 0 unspecified atom stereocenters. The van der Waals surface area contributed by atoms with Crippen molar-refractivity contribution >= 4 is 12.0 Å². The molecular weight excluding hydrogens is 320 g/mol. The van der Waals surface area contributed by atoms with Gasteiger partial charge in [0.15, 0.2) is 0 Å². The first kappa shape index (κ1) is 17.7. The molecule has 25 heavy (non-hydrogen) atoms. The number of fused-ring (bicyclic) bond motifs is 1. The summed E-state index contributed by atoms with van der Waals surface area (Å²) in [7, 11) is 0. The number of benzene rings is 1. The summed E-state index contributed by atoms with van der Waals surface area (Å²) in [6, 6.07) is 6.75. The minimum absolute atomic E-state index is 0.232. The van der Waals surface area contributed by atoms with Gasteiger partial charge in [-0.05, 0) is 44.7 Å². The lowest BCUT2D eigenvalue weighted by atomic mass is 10.1. The highest BCUT2D eigenvalue weighted by atomic mass is 16.6. The average molecular weight is 346 g/mol. The number of hydrogen-bond donors (Lipinski definition) is 2. The molecule has 3 rings (SSSR count). The van der Waals surface area contributed by atoms with E-state index in [9.17, 15) is 14.7 Å². The van der Waals surface area contributed by atoms with Crippen molar-refractivity contribution in [1.29, 1.82) is 0 Å². The van der Waals surface area contributed by atoms with Crippen LogP contribution in [0.4, 0.5) is 4.79 Å². The number of carbonyl (C=O) groups is 2. The van der Waals surface area contributed by atoms with Crippen molar-refractivity contribution in [3.63, 3.8) is 0 Å². The van der Waals surface area contributed by atoms with Crippen LogP contribution in [-0.4, -0.2) is 46.3 Å². The molecule has 0 radical (unpaired) electrons. The van der Waals surface area contributed by atoms with E-state index in [1.165, 1.54) is 4.90 Å². The second-order valence-corrected chi connectivity index (χ2v) is 7.79. The fourth-order valence-electron chi connectivity index (χ4n) is 3.58. The van der Waals surface area contributed by atoms with Gasteiger partial charge in [0.05, 0.1) is 12.1 Å². The zero-order valence-electron chi connectivity index (χ0n) is 15.0. The van der Waals surface area contributed by atoms with Crippen LogP contribution in [-0.2, 0) is 16.0 Å². The molecule has 0 spiro atoms. The highest BCUT2D eigenvalue weighted by Gasteiger charge is 2.39. The van der Waals surface area contributed by atoms with Crippen LogP contribution in [0.25, 0.3) is 0 Å². The number of carbonyl (C=O) groups excluding carboxylic acids is 2. The van der Waals surface area contributed by atoms with E-state index in [-0.39, 0.29) is 5.91 Å². The lowest BCUT2D eigenvalue weighted by Crippen LogP contribution is -2.49. The maximum Gasteiger partial charge on any atom is 0.410 e. The number of aliphatic hydroxyl groups excluding tert-OH is 1. The van der Waals surface area contributed by atoms with Crippen molar-refractivity contribution in [2.75, 3.05) is 6.54 Å². The summed E-state index contributed by atoms with van der Waals surface area (Å²) in [4.78, 5) is 26.6. The second kappa shape index (κ2) is 6.67. The van der Waals surface area contributed by atoms with Crippen molar-refractivity contribution in [3.05, 3.63) is 35.4 Å². The minimum Gasteiger partial charge on any atom is -0.444 e. The smallest absolute Gasteiger partial charge is 0.410 e. The molecule has 2 amide bonds. The van der Waals surface area contributed by atoms with Crippen LogP contribution in [0.1, 0.15) is 50.8 Å². The number of rotatable bonds is 2. The topological polar surface area (TPSA) is 78.9 Å². The number of hydrogen-bond acceptors (Lipinski definition) is 4. The van der Waals surface area contributed by atoms with Gasteiger partial charge in [0, 0.05) is 13.0 Å². The maximum atomic E-state index is 12.8. The number of aliphatic hydroxyl groups is 1. The van der Waals surface area contributed by atoms with Gasteiger partial charge in [-0.1, -0.05) is 24.3 Å². The number of nitrogens with zero attached hydrogens (tertiary/aromatic N) is 1. The molecule has 1 fully saturated rings. The van der Waals surface area contributed by atoms with E-state index >= 15 is 0 Å². The van der Waals surface area contributed by atoms with E-state index in [2.05, 4.69) is 5.32 Å². The molecule has 2 aliphatic rings. The van der Waals surface area contributed by atoms with Crippen LogP contribution in [0.5, 0.6) is 0 Å². The van der Waals surface area contributed by atoms with Gasteiger partial charge in [0.2, 0.25) is 5.91 Å². The summed E-state index contributed by atoms with van der Waals surface area (Å²) in [5, 5.41) is 13.2. The number of nitrogens with one attached hydrogen (secondary N) is 1. The molecule has 6 nitrogen and oxygen atoms in total. The lowest BCUT2D eigenvalue weighted by molar-refractivity contribution is -0.127. The van der Waals surface area contributed by atoms with Gasteiger partial charge >= 0.3 is 6.09 Å². The van der Waals surface area contributed by atoms with Crippen molar-refractivity contribution in [1.82, 2.24) is 10.2 Å². The Bertz CT molecular complexity index is 668. The van der Waals surface area contributed by atoms with E-state index in [0.717, 1.165) is 17.5 Å². The zero-order chi connectivity index (χ0) is 18.2. The van der Waals surface area contributed by atoms with Crippen LogP contribution >= 0.6 is 0 Å². The van der Waals surface area contributed by atoms with E-state index < -0.39 is 29.9 Å². The van der Waals surface area contributed by atoms with Crippen molar-refractivity contribution in [3.8, 4) is 0 Å². The third-order valence-corrected chi connectivity index (χ3v) is 4.69. The Morgan fingerprint density at radius 2 is 2.00 bits per heavy atom. The quantitative estimate of drug-likeness (QED) is 0.860. The van der Waals surface area contributed by atoms with Gasteiger partial charge in [-0.2, -0.15) is 0 Å². The van der Waals surface area contributed by atoms with E-state index in [0.29, 0.717) is 19.4 Å². The molecule has 2 N–H and O–H groups in total. The molecular formula is C19H26N2O4. The third kappa shape index (κ3) is 3.79.